The smallest absolute Gasteiger partial charge is 0.227 e. The van der Waals surface area contributed by atoms with Crippen LogP contribution in [0.4, 0.5) is 17.1 Å². The van der Waals surface area contributed by atoms with Crippen molar-refractivity contribution in [1.29, 1.82) is 0 Å². The molecular formula is C45H28N2O2. The van der Waals surface area contributed by atoms with Gasteiger partial charge in [-0.05, 0) is 94.0 Å². The lowest BCUT2D eigenvalue weighted by Gasteiger charge is -2.26. The largest absolute Gasteiger partial charge is 0.456 e. The van der Waals surface area contributed by atoms with Crippen molar-refractivity contribution in [2.75, 3.05) is 4.90 Å². The molecule has 0 amide bonds. The van der Waals surface area contributed by atoms with Crippen LogP contribution in [0.5, 0.6) is 0 Å². The summed E-state index contributed by atoms with van der Waals surface area (Å²) in [6.45, 7) is 0. The fraction of sp³-hybridized carbons (Fsp3) is 0. The van der Waals surface area contributed by atoms with Crippen LogP contribution in [0.25, 0.3) is 77.2 Å². The highest BCUT2D eigenvalue weighted by Gasteiger charge is 2.20. The van der Waals surface area contributed by atoms with Crippen molar-refractivity contribution in [3.63, 3.8) is 0 Å². The number of hydrogen-bond donors (Lipinski definition) is 0. The first-order valence-electron chi connectivity index (χ1n) is 16.5. The van der Waals surface area contributed by atoms with Crippen LogP contribution < -0.4 is 4.90 Å². The molecule has 4 nitrogen and oxygen atoms in total. The van der Waals surface area contributed by atoms with Gasteiger partial charge in [0.05, 0.1) is 0 Å². The van der Waals surface area contributed by atoms with Gasteiger partial charge in [0, 0.05) is 44.9 Å². The minimum Gasteiger partial charge on any atom is -0.456 e. The quantitative estimate of drug-likeness (QED) is 0.178. The van der Waals surface area contributed by atoms with Gasteiger partial charge in [-0.3, -0.25) is 0 Å². The van der Waals surface area contributed by atoms with E-state index in [-0.39, 0.29) is 0 Å². The van der Waals surface area contributed by atoms with Gasteiger partial charge in [0.25, 0.3) is 0 Å². The summed E-state index contributed by atoms with van der Waals surface area (Å²) in [5, 5.41) is 6.61. The molecule has 0 N–H and O–H groups in total. The van der Waals surface area contributed by atoms with Gasteiger partial charge in [0.1, 0.15) is 16.7 Å². The second kappa shape index (κ2) is 11.0. The summed E-state index contributed by atoms with van der Waals surface area (Å²) in [4.78, 5) is 7.25. The summed E-state index contributed by atoms with van der Waals surface area (Å²) >= 11 is 0. The number of aromatic nitrogens is 1. The zero-order valence-electron chi connectivity index (χ0n) is 26.4. The first-order valence-corrected chi connectivity index (χ1v) is 16.5. The van der Waals surface area contributed by atoms with E-state index in [9.17, 15) is 0 Å². The minimum atomic E-state index is 0.613. The molecule has 10 aromatic rings. The van der Waals surface area contributed by atoms with Gasteiger partial charge in [-0.25, -0.2) is 4.98 Å². The summed E-state index contributed by atoms with van der Waals surface area (Å²) in [6, 6.07) is 59.1. The second-order valence-corrected chi connectivity index (χ2v) is 12.4. The lowest BCUT2D eigenvalue weighted by atomic mass is 9.92. The monoisotopic (exact) mass is 628 g/mol. The SMILES string of the molecule is c1ccc(-c2nc3ccc4c(-c5ccccc5)cc5ccc(N(c6ccccc6)c6ccc7c(c6)oc6ccccc67)cc5c4c3o2)cc1. The Morgan fingerprint density at radius 2 is 1.08 bits per heavy atom. The van der Waals surface area contributed by atoms with Crippen molar-refractivity contribution in [3.8, 4) is 22.6 Å². The van der Waals surface area contributed by atoms with Gasteiger partial charge < -0.3 is 13.7 Å². The summed E-state index contributed by atoms with van der Waals surface area (Å²) in [5.41, 5.74) is 9.72. The Labute approximate surface area is 282 Å². The molecule has 0 aliphatic heterocycles. The molecule has 4 heteroatoms. The summed E-state index contributed by atoms with van der Waals surface area (Å²) < 4.78 is 13.0. The van der Waals surface area contributed by atoms with Crippen LogP contribution in [0, 0.1) is 0 Å². The summed E-state index contributed by atoms with van der Waals surface area (Å²) in [6.07, 6.45) is 0. The first-order chi connectivity index (χ1) is 24.3. The number of fused-ring (bicyclic) bond motifs is 8. The number of benzene rings is 8. The third-order valence-corrected chi connectivity index (χ3v) is 9.45. The van der Waals surface area contributed by atoms with Crippen molar-refractivity contribution in [2.24, 2.45) is 0 Å². The van der Waals surface area contributed by atoms with Crippen molar-refractivity contribution in [2.45, 2.75) is 0 Å². The average molecular weight is 629 g/mol. The Balaban J connectivity index is 1.25. The molecule has 0 saturated heterocycles. The fourth-order valence-corrected chi connectivity index (χ4v) is 7.18. The molecule has 0 fully saturated rings. The van der Waals surface area contributed by atoms with E-state index in [1.807, 2.05) is 48.5 Å². The number of para-hydroxylation sites is 2. The maximum absolute atomic E-state index is 6.68. The number of hydrogen-bond acceptors (Lipinski definition) is 4. The van der Waals surface area contributed by atoms with E-state index in [1.54, 1.807) is 0 Å². The Morgan fingerprint density at radius 3 is 1.90 bits per heavy atom. The highest BCUT2D eigenvalue weighted by Crippen LogP contribution is 2.44. The molecule has 0 bridgehead atoms. The Kier molecular flexibility index (Phi) is 6.15. The van der Waals surface area contributed by atoms with E-state index in [1.165, 1.54) is 0 Å². The van der Waals surface area contributed by atoms with Gasteiger partial charge in [-0.2, -0.15) is 0 Å². The minimum absolute atomic E-state index is 0.613. The molecule has 0 unspecified atom stereocenters. The molecule has 0 aliphatic carbocycles. The topological polar surface area (TPSA) is 42.4 Å². The maximum atomic E-state index is 6.68. The van der Waals surface area contributed by atoms with Gasteiger partial charge >= 0.3 is 0 Å². The third kappa shape index (κ3) is 4.49. The van der Waals surface area contributed by atoms with E-state index in [4.69, 9.17) is 13.8 Å². The molecule has 0 saturated carbocycles. The Morgan fingerprint density at radius 1 is 0.429 bits per heavy atom. The zero-order chi connectivity index (χ0) is 32.3. The molecule has 230 valence electrons. The molecule has 49 heavy (non-hydrogen) atoms. The van der Waals surface area contributed by atoms with Crippen LogP contribution in [0.15, 0.2) is 179 Å². The number of nitrogens with zero attached hydrogens (tertiary/aromatic N) is 2. The van der Waals surface area contributed by atoms with Crippen LogP contribution in [0.2, 0.25) is 0 Å². The number of oxazole rings is 1. The molecule has 0 spiro atoms. The van der Waals surface area contributed by atoms with Crippen molar-refractivity contribution in [3.05, 3.63) is 170 Å². The first kappa shape index (κ1) is 27.5. The predicted molar refractivity (Wildman–Crippen MR) is 202 cm³/mol. The molecule has 2 heterocycles. The van der Waals surface area contributed by atoms with E-state index in [0.29, 0.717) is 5.89 Å². The fourth-order valence-electron chi connectivity index (χ4n) is 7.18. The predicted octanol–water partition coefficient (Wildman–Crippen LogP) is 12.8. The normalized spacial score (nSPS) is 11.7. The average Bonchev–Trinajstić information content (AvgIpc) is 3.77. The second-order valence-electron chi connectivity index (χ2n) is 12.4. The molecule has 0 radical (unpaired) electrons. The molecule has 2 aromatic heterocycles. The maximum Gasteiger partial charge on any atom is 0.227 e. The number of rotatable bonds is 5. The van der Waals surface area contributed by atoms with Gasteiger partial charge in [-0.1, -0.05) is 97.1 Å². The van der Waals surface area contributed by atoms with Crippen LogP contribution in [-0.4, -0.2) is 4.98 Å². The molecular weight excluding hydrogens is 601 g/mol. The van der Waals surface area contributed by atoms with Crippen molar-refractivity contribution < 1.29 is 8.83 Å². The third-order valence-electron chi connectivity index (χ3n) is 9.45. The zero-order valence-corrected chi connectivity index (χ0v) is 26.4. The van der Waals surface area contributed by atoms with E-state index < -0.39 is 0 Å². The van der Waals surface area contributed by atoms with Gasteiger partial charge in [0.15, 0.2) is 5.58 Å². The lowest BCUT2D eigenvalue weighted by molar-refractivity contribution is 0.623. The Bertz CT molecular complexity index is 2820. The Hall–Kier alpha value is -6.65. The summed E-state index contributed by atoms with van der Waals surface area (Å²) in [7, 11) is 0. The van der Waals surface area contributed by atoms with Crippen molar-refractivity contribution in [1.82, 2.24) is 4.98 Å². The van der Waals surface area contributed by atoms with Crippen LogP contribution in [0.3, 0.4) is 0 Å². The van der Waals surface area contributed by atoms with Crippen LogP contribution in [0.1, 0.15) is 0 Å². The van der Waals surface area contributed by atoms with Gasteiger partial charge in [0.2, 0.25) is 5.89 Å². The molecule has 0 aliphatic rings. The van der Waals surface area contributed by atoms with E-state index in [0.717, 1.165) is 88.3 Å². The number of anilines is 3. The van der Waals surface area contributed by atoms with Crippen molar-refractivity contribution >= 4 is 71.6 Å². The molecule has 10 rings (SSSR count). The summed E-state index contributed by atoms with van der Waals surface area (Å²) in [5.74, 6) is 0.613. The molecule has 0 atom stereocenters. The van der Waals surface area contributed by atoms with E-state index in [2.05, 4.69) is 126 Å². The van der Waals surface area contributed by atoms with Gasteiger partial charge in [-0.15, -0.1) is 0 Å². The molecule has 8 aromatic carbocycles. The highest BCUT2D eigenvalue weighted by atomic mass is 16.3. The number of furan rings is 1. The lowest BCUT2D eigenvalue weighted by Crippen LogP contribution is -2.09. The standard InChI is InChI=1S/C45H28N2O2/c1-4-12-29(13-5-1)38-26-31-20-21-33(27-39(31)43-37(38)24-25-40-44(43)49-45(46-40)30-14-6-2-7-15-30)47(32-16-8-3-9-17-32)34-22-23-36-35-18-10-11-19-41(35)48-42(36)28-34/h1-28H. The van der Waals surface area contributed by atoms with Crippen LogP contribution in [-0.2, 0) is 0 Å². The van der Waals surface area contributed by atoms with Crippen LogP contribution >= 0.6 is 0 Å². The van der Waals surface area contributed by atoms with E-state index >= 15 is 0 Å². The highest BCUT2D eigenvalue weighted by molar-refractivity contribution is 6.23.